The number of nitrogens with zero attached hydrogens (tertiary/aromatic N) is 1. The Morgan fingerprint density at radius 2 is 1.82 bits per heavy atom. The molecule has 15 heteroatoms. The van der Waals surface area contributed by atoms with Crippen molar-refractivity contribution < 1.29 is 46.6 Å². The van der Waals surface area contributed by atoms with E-state index in [1.165, 1.54) is 17.0 Å². The van der Waals surface area contributed by atoms with Crippen LogP contribution in [0.15, 0.2) is 24.3 Å². The summed E-state index contributed by atoms with van der Waals surface area (Å²) in [6.45, 7) is -0.0383. The smallest absolute Gasteiger partial charge is 0.376 e. The Morgan fingerprint density at radius 3 is 2.52 bits per heavy atom. The van der Waals surface area contributed by atoms with E-state index >= 15 is 0 Å². The molecule has 1 aromatic carbocycles. The average molecular weight is 604 g/mol. The van der Waals surface area contributed by atoms with Crippen molar-refractivity contribution in [1.29, 1.82) is 0 Å². The maximum atomic E-state index is 14.2. The van der Waals surface area contributed by atoms with Crippen molar-refractivity contribution in [3.63, 3.8) is 0 Å². The van der Waals surface area contributed by atoms with E-state index < -0.39 is 60.8 Å². The molecule has 0 radical (unpaired) electrons. The van der Waals surface area contributed by atoms with Gasteiger partial charge in [-0.05, 0) is 49.3 Å². The molecular weight excluding hydrogens is 574 g/mol. The molecule has 0 saturated carbocycles. The van der Waals surface area contributed by atoms with Crippen LogP contribution in [-0.2, 0) is 24.6 Å². The maximum Gasteiger partial charge on any atom is 0.399 e. The lowest BCUT2D eigenvalue weighted by molar-refractivity contribution is -0.143. The summed E-state index contributed by atoms with van der Waals surface area (Å²) in [6, 6.07) is 1.75. The Kier molecular flexibility index (Phi) is 8.01. The van der Waals surface area contributed by atoms with Gasteiger partial charge in [0.25, 0.3) is 5.91 Å². The first-order valence-corrected chi connectivity index (χ1v) is 15.4. The molecule has 2 aromatic rings. The minimum atomic E-state index is -5.76. The van der Waals surface area contributed by atoms with E-state index in [0.29, 0.717) is 36.8 Å². The zero-order valence-corrected chi connectivity index (χ0v) is 22.9. The second-order valence-corrected chi connectivity index (χ2v) is 13.2. The standard InChI is InChI=1S/C25H29F3N3O7PS/c26-16-11-38-12-18(16)30-22(32)19-7-6-15-3-1-2-4-17(24(34)31(15)19)29-23(33)21-10-13-9-14(5-8-20(13)40-21)25(27,28)39(35,36)37/h5,8-10,15-19H,1-4,6-7,11-12H2,(H,29,33)(H,30,32)(H2,35,36,37)/t15-,16+,17-,18-,19-/m0/s1. The zero-order chi connectivity index (χ0) is 28.8. The van der Waals surface area contributed by atoms with Gasteiger partial charge in [0.05, 0.1) is 24.1 Å². The van der Waals surface area contributed by atoms with E-state index in [4.69, 9.17) is 14.5 Å². The predicted molar refractivity (Wildman–Crippen MR) is 139 cm³/mol. The lowest BCUT2D eigenvalue weighted by atomic mass is 9.99. The van der Waals surface area contributed by atoms with Crippen LogP contribution in [0.2, 0.25) is 0 Å². The van der Waals surface area contributed by atoms with E-state index in [1.54, 1.807) is 0 Å². The molecule has 0 bridgehead atoms. The van der Waals surface area contributed by atoms with Crippen LogP contribution in [0.4, 0.5) is 13.2 Å². The summed E-state index contributed by atoms with van der Waals surface area (Å²) in [5.74, 6) is -1.46. The number of benzene rings is 1. The van der Waals surface area contributed by atoms with E-state index in [1.807, 2.05) is 0 Å². The summed E-state index contributed by atoms with van der Waals surface area (Å²) < 4.78 is 59.1. The zero-order valence-electron chi connectivity index (χ0n) is 21.2. The van der Waals surface area contributed by atoms with Gasteiger partial charge in [-0.25, -0.2) is 4.39 Å². The van der Waals surface area contributed by atoms with Crippen LogP contribution in [-0.4, -0.2) is 76.0 Å². The number of carbonyl (C=O) groups is 3. The highest BCUT2D eigenvalue weighted by atomic mass is 32.1. The van der Waals surface area contributed by atoms with Gasteiger partial charge < -0.3 is 30.1 Å². The Bertz CT molecular complexity index is 1370. The maximum absolute atomic E-state index is 14.2. The van der Waals surface area contributed by atoms with Gasteiger partial charge in [-0.3, -0.25) is 18.9 Å². The summed E-state index contributed by atoms with van der Waals surface area (Å²) in [7, 11) is -5.76. The number of carbonyl (C=O) groups excluding carboxylic acids is 3. The normalized spacial score (nSPS) is 27.8. The largest absolute Gasteiger partial charge is 0.399 e. The molecule has 4 heterocycles. The third-order valence-electron chi connectivity index (χ3n) is 7.74. The van der Waals surface area contributed by atoms with Gasteiger partial charge in [0.1, 0.15) is 18.3 Å². The fourth-order valence-corrected chi connectivity index (χ4v) is 7.02. The number of amides is 3. The molecule has 1 aromatic heterocycles. The van der Waals surface area contributed by atoms with Crippen molar-refractivity contribution in [3.05, 3.63) is 34.7 Å². The molecule has 5 rings (SSSR count). The van der Waals surface area contributed by atoms with Crippen LogP contribution in [0, 0.1) is 0 Å². The molecule has 0 aliphatic carbocycles. The molecular formula is C25H29F3N3O7PS. The van der Waals surface area contributed by atoms with Crippen LogP contribution in [0.1, 0.15) is 53.8 Å². The highest BCUT2D eigenvalue weighted by molar-refractivity contribution is 7.52. The second-order valence-electron chi connectivity index (χ2n) is 10.4. The first-order valence-electron chi connectivity index (χ1n) is 13.0. The number of rotatable bonds is 6. The van der Waals surface area contributed by atoms with Crippen molar-refractivity contribution in [2.75, 3.05) is 13.2 Å². The molecule has 3 aliphatic rings. The van der Waals surface area contributed by atoms with Crippen molar-refractivity contribution >= 4 is 46.7 Å². The van der Waals surface area contributed by atoms with Crippen molar-refractivity contribution in [1.82, 2.24) is 15.5 Å². The molecule has 10 nitrogen and oxygen atoms in total. The molecule has 3 fully saturated rings. The van der Waals surface area contributed by atoms with Gasteiger partial charge in [0.2, 0.25) is 11.8 Å². The minimum absolute atomic E-state index is 0.0588. The van der Waals surface area contributed by atoms with Gasteiger partial charge in [-0.1, -0.05) is 18.9 Å². The van der Waals surface area contributed by atoms with Crippen molar-refractivity contribution in [2.45, 2.75) is 74.5 Å². The highest BCUT2D eigenvalue weighted by Gasteiger charge is 2.50. The highest BCUT2D eigenvalue weighted by Crippen LogP contribution is 2.59. The van der Waals surface area contributed by atoms with Gasteiger partial charge in [-0.15, -0.1) is 11.3 Å². The summed E-state index contributed by atoms with van der Waals surface area (Å²) in [4.78, 5) is 59.6. The molecule has 3 saturated heterocycles. The molecule has 40 heavy (non-hydrogen) atoms. The SMILES string of the molecule is O=C(N[C@H]1CCCC[C@H]2CC[C@@H](C(=O)N[C@H]3COC[C@H]3F)N2C1=O)c1cc2cc(C(F)(F)P(=O)(O)O)ccc2s1. The Labute approximate surface area is 231 Å². The molecule has 5 atom stereocenters. The monoisotopic (exact) mass is 603 g/mol. The van der Waals surface area contributed by atoms with Crippen molar-refractivity contribution in [3.8, 4) is 0 Å². The Hall–Kier alpha value is -2.51. The lowest BCUT2D eigenvalue weighted by Gasteiger charge is -2.35. The number of alkyl halides is 3. The van der Waals surface area contributed by atoms with Crippen LogP contribution in [0.5, 0.6) is 0 Å². The quantitative estimate of drug-likeness (QED) is 0.372. The first-order chi connectivity index (χ1) is 18.9. The van der Waals surface area contributed by atoms with Crippen LogP contribution in [0.3, 0.4) is 0 Å². The number of nitrogens with one attached hydrogen (secondary N) is 2. The van der Waals surface area contributed by atoms with E-state index in [9.17, 15) is 32.1 Å². The van der Waals surface area contributed by atoms with Crippen LogP contribution in [0.25, 0.3) is 10.1 Å². The predicted octanol–water partition coefficient (Wildman–Crippen LogP) is 3.01. The average Bonchev–Trinajstić information content (AvgIpc) is 3.61. The van der Waals surface area contributed by atoms with Gasteiger partial charge >= 0.3 is 13.3 Å². The molecule has 4 N–H and O–H groups in total. The summed E-state index contributed by atoms with van der Waals surface area (Å²) in [5, 5.41) is 5.59. The fourth-order valence-electron chi connectivity index (χ4n) is 5.60. The van der Waals surface area contributed by atoms with Gasteiger partial charge in [0.15, 0.2) is 0 Å². The van der Waals surface area contributed by atoms with E-state index in [2.05, 4.69) is 10.6 Å². The number of halogens is 3. The number of hydrogen-bond donors (Lipinski definition) is 4. The minimum Gasteiger partial charge on any atom is -0.376 e. The fraction of sp³-hybridized carbons (Fsp3) is 0.560. The molecule has 3 aliphatic heterocycles. The summed E-state index contributed by atoms with van der Waals surface area (Å²) in [5.41, 5.74) is -5.26. The number of fused-ring (bicyclic) bond motifs is 2. The number of hydrogen-bond acceptors (Lipinski definition) is 6. The third-order valence-corrected chi connectivity index (χ3v) is 9.84. The molecule has 0 unspecified atom stereocenters. The summed E-state index contributed by atoms with van der Waals surface area (Å²) >= 11 is 0.987. The molecule has 218 valence electrons. The molecule has 3 amide bonds. The van der Waals surface area contributed by atoms with Crippen LogP contribution >= 0.6 is 18.9 Å². The van der Waals surface area contributed by atoms with Crippen molar-refractivity contribution in [2.24, 2.45) is 0 Å². The Morgan fingerprint density at radius 1 is 1.07 bits per heavy atom. The van der Waals surface area contributed by atoms with Crippen LogP contribution < -0.4 is 10.6 Å². The van der Waals surface area contributed by atoms with Gasteiger partial charge in [-0.2, -0.15) is 8.78 Å². The van der Waals surface area contributed by atoms with E-state index in [0.717, 1.165) is 29.9 Å². The van der Waals surface area contributed by atoms with E-state index in [-0.39, 0.29) is 29.5 Å². The van der Waals surface area contributed by atoms with Gasteiger partial charge in [0, 0.05) is 16.3 Å². The topological polar surface area (TPSA) is 145 Å². The number of ether oxygens (including phenoxy) is 1. The summed E-state index contributed by atoms with van der Waals surface area (Å²) in [6.07, 6.45) is 2.23. The second kappa shape index (κ2) is 11.1. The third kappa shape index (κ3) is 5.52. The Balaban J connectivity index is 1.32. The lowest BCUT2D eigenvalue weighted by Crippen LogP contribution is -2.57. The number of thiophene rings is 1. The molecule has 0 spiro atoms. The first kappa shape index (κ1) is 29.0.